The van der Waals surface area contributed by atoms with Crippen molar-refractivity contribution in [1.82, 2.24) is 9.69 Å². The number of halogens is 2. The minimum absolute atomic E-state index is 0.0249. The van der Waals surface area contributed by atoms with Crippen LogP contribution in [0.1, 0.15) is 46.7 Å². The maximum Gasteiger partial charge on any atom is 0.343 e. The Hall–Kier alpha value is -3.23. The number of carbonyl (C=O) groups is 2. The molecule has 0 fully saturated rings. The molecule has 162 valence electrons. The Labute approximate surface area is 172 Å². The van der Waals surface area contributed by atoms with Crippen molar-refractivity contribution in [2.45, 2.75) is 32.9 Å². The number of benzene rings is 1. The number of rotatable bonds is 9. The number of hydrogen-bond acceptors (Lipinski definition) is 5. The van der Waals surface area contributed by atoms with E-state index in [1.165, 1.54) is 14.0 Å². The lowest BCUT2D eigenvalue weighted by Gasteiger charge is -2.26. The fourth-order valence-electron chi connectivity index (χ4n) is 2.79. The van der Waals surface area contributed by atoms with Gasteiger partial charge in [0.2, 0.25) is 5.43 Å². The Morgan fingerprint density at radius 3 is 2.43 bits per heavy atom. The van der Waals surface area contributed by atoms with E-state index in [0.717, 1.165) is 4.90 Å². The van der Waals surface area contributed by atoms with Crippen molar-refractivity contribution in [2.75, 3.05) is 20.3 Å². The first-order valence-electron chi connectivity index (χ1n) is 9.48. The molecule has 0 radical (unpaired) electrons. The van der Waals surface area contributed by atoms with E-state index in [2.05, 4.69) is 0 Å². The van der Waals surface area contributed by atoms with Crippen LogP contribution in [0.3, 0.4) is 0 Å². The summed E-state index contributed by atoms with van der Waals surface area (Å²) in [6.07, 6.45) is 0.865. The van der Waals surface area contributed by atoms with Gasteiger partial charge in [-0.25, -0.2) is 9.18 Å². The molecule has 1 aromatic carbocycles. The molecule has 0 N–H and O–H groups in total. The van der Waals surface area contributed by atoms with Gasteiger partial charge in [0.1, 0.15) is 18.8 Å². The van der Waals surface area contributed by atoms with Gasteiger partial charge in [0.15, 0.2) is 11.4 Å². The second kappa shape index (κ2) is 10.5. The summed E-state index contributed by atoms with van der Waals surface area (Å²) < 4.78 is 38.4. The third-order valence-corrected chi connectivity index (χ3v) is 4.56. The molecular weight excluding hydrogens is 398 g/mol. The zero-order valence-corrected chi connectivity index (χ0v) is 17.1. The quantitative estimate of drug-likeness (QED) is 0.580. The van der Waals surface area contributed by atoms with E-state index in [-0.39, 0.29) is 24.4 Å². The molecule has 0 saturated heterocycles. The normalized spacial score (nSPS) is 11.6. The first-order valence-corrected chi connectivity index (χ1v) is 9.48. The molecule has 0 aliphatic heterocycles. The van der Waals surface area contributed by atoms with Crippen LogP contribution in [0.2, 0.25) is 0 Å². The number of amides is 1. The summed E-state index contributed by atoms with van der Waals surface area (Å²) in [5, 5.41) is 0. The molecule has 0 aliphatic carbocycles. The van der Waals surface area contributed by atoms with Gasteiger partial charge in [-0.05, 0) is 18.9 Å². The van der Waals surface area contributed by atoms with Crippen molar-refractivity contribution in [3.8, 4) is 5.75 Å². The zero-order chi connectivity index (χ0) is 22.3. The minimum atomic E-state index is -1.04. The van der Waals surface area contributed by atoms with Gasteiger partial charge in [0.05, 0.1) is 18.8 Å². The van der Waals surface area contributed by atoms with Crippen LogP contribution in [0.4, 0.5) is 8.87 Å². The van der Waals surface area contributed by atoms with Crippen LogP contribution < -0.4 is 10.2 Å². The highest BCUT2D eigenvalue weighted by atomic mass is 19.2. The van der Waals surface area contributed by atoms with Gasteiger partial charge in [-0.2, -0.15) is 4.79 Å². The number of carbonyl (C=O) groups excluding carboxylic acids is 2. The van der Waals surface area contributed by atoms with E-state index in [1.54, 1.807) is 37.3 Å². The minimum Gasteiger partial charge on any atom is -0.482 e. The molecule has 1 aromatic heterocycles. The Morgan fingerprint density at radius 1 is 1.20 bits per heavy atom. The lowest BCUT2D eigenvalue weighted by molar-refractivity contribution is 0.0518. The second-order valence-corrected chi connectivity index (χ2v) is 6.49. The zero-order valence-electron chi connectivity index (χ0n) is 17.1. The van der Waals surface area contributed by atoms with Crippen LogP contribution in [0.15, 0.2) is 41.3 Å². The van der Waals surface area contributed by atoms with Crippen molar-refractivity contribution in [3.05, 3.63) is 63.6 Å². The van der Waals surface area contributed by atoms with Gasteiger partial charge in [-0.15, -0.1) is 0 Å². The second-order valence-electron chi connectivity index (χ2n) is 6.49. The number of ether oxygens (including phenoxy) is 2. The summed E-state index contributed by atoms with van der Waals surface area (Å²) in [4.78, 5) is 38.7. The lowest BCUT2D eigenvalue weighted by Crippen LogP contribution is -2.40. The highest BCUT2D eigenvalue weighted by Gasteiger charge is 2.30. The monoisotopic (exact) mass is 422 g/mol. The first-order chi connectivity index (χ1) is 14.3. The van der Waals surface area contributed by atoms with E-state index in [9.17, 15) is 23.3 Å². The van der Waals surface area contributed by atoms with Gasteiger partial charge >= 0.3 is 5.97 Å². The fourth-order valence-corrected chi connectivity index (χ4v) is 2.79. The molecule has 1 amide bonds. The van der Waals surface area contributed by atoms with E-state index in [1.807, 2.05) is 0 Å². The molecule has 2 rings (SSSR count). The van der Waals surface area contributed by atoms with Crippen LogP contribution in [-0.2, 0) is 11.3 Å². The first kappa shape index (κ1) is 23.1. The standard InChI is InChI=1S/C21H24F2N2O5/c1-4-15(11-22)24(3)20(27)17-19(30-13-14-9-7-6-8-10-14)18(26)16(12-25(17)23)21(28)29-5-2/h6-10,12,15H,4-5,11,13H2,1-3H3/t15-/m1/s1. The number of esters is 1. The van der Waals surface area contributed by atoms with Gasteiger partial charge in [0.25, 0.3) is 5.91 Å². The highest BCUT2D eigenvalue weighted by molar-refractivity contribution is 5.97. The van der Waals surface area contributed by atoms with Crippen molar-refractivity contribution >= 4 is 11.9 Å². The van der Waals surface area contributed by atoms with E-state index in [0.29, 0.717) is 11.8 Å². The number of pyridine rings is 1. The summed E-state index contributed by atoms with van der Waals surface area (Å²) >= 11 is 0. The Morgan fingerprint density at radius 2 is 1.87 bits per heavy atom. The van der Waals surface area contributed by atoms with Crippen molar-refractivity contribution in [1.29, 1.82) is 0 Å². The molecule has 0 unspecified atom stereocenters. The van der Waals surface area contributed by atoms with E-state index >= 15 is 0 Å². The Kier molecular flexibility index (Phi) is 8.08. The maximum absolute atomic E-state index is 14.8. The smallest absolute Gasteiger partial charge is 0.343 e. The topological polar surface area (TPSA) is 77.8 Å². The molecule has 0 bridgehead atoms. The van der Waals surface area contributed by atoms with Crippen LogP contribution >= 0.6 is 0 Å². The molecule has 1 atom stereocenters. The number of aromatic nitrogens is 1. The van der Waals surface area contributed by atoms with E-state index < -0.39 is 47.0 Å². The number of nitrogens with zero attached hydrogens (tertiary/aromatic N) is 2. The lowest BCUT2D eigenvalue weighted by atomic mass is 10.1. The molecule has 7 nitrogen and oxygen atoms in total. The average Bonchev–Trinajstić information content (AvgIpc) is 2.75. The number of hydrogen-bond donors (Lipinski definition) is 0. The van der Waals surface area contributed by atoms with Crippen molar-refractivity contribution < 1.29 is 27.9 Å². The summed E-state index contributed by atoms with van der Waals surface area (Å²) in [5.74, 6) is -2.63. The molecular formula is C21H24F2N2O5. The molecule has 2 aromatic rings. The van der Waals surface area contributed by atoms with Crippen LogP contribution in [0.5, 0.6) is 5.75 Å². The highest BCUT2D eigenvalue weighted by Crippen LogP contribution is 2.21. The van der Waals surface area contributed by atoms with Gasteiger partial charge in [-0.1, -0.05) is 41.7 Å². The fraction of sp³-hybridized carbons (Fsp3) is 0.381. The van der Waals surface area contributed by atoms with Gasteiger partial charge in [-0.3, -0.25) is 9.59 Å². The van der Waals surface area contributed by atoms with Crippen molar-refractivity contribution in [2.24, 2.45) is 0 Å². The summed E-state index contributed by atoms with van der Waals surface area (Å²) in [6, 6.07) is 7.90. The molecule has 0 saturated carbocycles. The van der Waals surface area contributed by atoms with Gasteiger partial charge in [0, 0.05) is 7.05 Å². The summed E-state index contributed by atoms with van der Waals surface area (Å²) in [7, 11) is 1.31. The molecule has 1 heterocycles. The predicted octanol–water partition coefficient (Wildman–Crippen LogP) is 3.16. The van der Waals surface area contributed by atoms with Crippen LogP contribution in [-0.4, -0.2) is 47.9 Å². The SMILES string of the molecule is CCOC(=O)c1cn(F)c(C(=O)N(C)[C@H](CC)CF)c(OCc2ccccc2)c1=O. The third kappa shape index (κ3) is 5.03. The predicted molar refractivity (Wildman–Crippen MR) is 106 cm³/mol. The Balaban J connectivity index is 2.56. The average molecular weight is 422 g/mol. The van der Waals surface area contributed by atoms with Crippen LogP contribution in [0, 0.1) is 0 Å². The van der Waals surface area contributed by atoms with Crippen LogP contribution in [0.25, 0.3) is 0 Å². The summed E-state index contributed by atoms with van der Waals surface area (Å²) in [6.45, 7) is 2.20. The molecule has 30 heavy (non-hydrogen) atoms. The van der Waals surface area contributed by atoms with Gasteiger partial charge < -0.3 is 14.4 Å². The molecule has 0 aliphatic rings. The maximum atomic E-state index is 14.8. The van der Waals surface area contributed by atoms with E-state index in [4.69, 9.17) is 9.47 Å². The molecule has 0 spiro atoms. The summed E-state index contributed by atoms with van der Waals surface area (Å²) in [5.41, 5.74) is -1.66. The molecule has 9 heteroatoms. The number of alkyl halides is 1. The van der Waals surface area contributed by atoms with Crippen molar-refractivity contribution in [3.63, 3.8) is 0 Å². The Bertz CT molecular complexity index is 942. The third-order valence-electron chi connectivity index (χ3n) is 4.56. The largest absolute Gasteiger partial charge is 0.482 e.